The number of fused-ring (bicyclic) bond motifs is 1. The predicted octanol–water partition coefficient (Wildman–Crippen LogP) is 4.00. The third-order valence-electron chi connectivity index (χ3n) is 5.89. The Bertz CT molecular complexity index is 1020. The third-order valence-corrected chi connectivity index (χ3v) is 7.07. The van der Waals surface area contributed by atoms with Crippen molar-refractivity contribution >= 4 is 21.6 Å². The van der Waals surface area contributed by atoms with Crippen LogP contribution in [0.25, 0.3) is 0 Å². The molecule has 0 unspecified atom stereocenters. The van der Waals surface area contributed by atoms with Gasteiger partial charge < -0.3 is 10.1 Å². The van der Waals surface area contributed by atoms with Crippen molar-refractivity contribution in [3.05, 3.63) is 59.2 Å². The van der Waals surface area contributed by atoms with Crippen LogP contribution in [0, 0.1) is 0 Å². The second-order valence-electron chi connectivity index (χ2n) is 8.15. The monoisotopic (exact) mass is 444 g/mol. The van der Waals surface area contributed by atoms with Gasteiger partial charge in [-0.05, 0) is 80.0 Å². The number of hydrogen-bond donors (Lipinski definition) is 1. The minimum Gasteiger partial charge on any atom is -0.497 e. The maximum Gasteiger partial charge on any atom is 0.244 e. The quantitative estimate of drug-likeness (QED) is 0.668. The molecule has 0 saturated heterocycles. The van der Waals surface area contributed by atoms with Crippen LogP contribution in [0.3, 0.4) is 0 Å². The van der Waals surface area contributed by atoms with Crippen LogP contribution in [-0.2, 0) is 27.7 Å². The molecule has 6 nitrogen and oxygen atoms in total. The highest BCUT2D eigenvalue weighted by Crippen LogP contribution is 2.27. The number of sulfonamides is 1. The van der Waals surface area contributed by atoms with E-state index in [1.807, 2.05) is 13.8 Å². The molecule has 2 aromatic rings. The van der Waals surface area contributed by atoms with Crippen LogP contribution in [0.15, 0.2) is 42.5 Å². The van der Waals surface area contributed by atoms with Gasteiger partial charge in [0.25, 0.3) is 0 Å². The number of carbonyl (C=O) groups excluding carboxylic acids is 1. The first kappa shape index (κ1) is 23.1. The number of anilines is 1. The minimum absolute atomic E-state index is 0.217. The molecule has 0 aromatic heterocycles. The molecular weight excluding hydrogens is 412 g/mol. The number of hydrogen-bond acceptors (Lipinski definition) is 4. The molecule has 7 heteroatoms. The molecule has 0 spiro atoms. The largest absolute Gasteiger partial charge is 0.497 e. The summed E-state index contributed by atoms with van der Waals surface area (Å²) in [5, 5.41) is 3.03. The lowest BCUT2D eigenvalue weighted by Crippen LogP contribution is -2.49. The number of carbonyl (C=O) groups is 1. The van der Waals surface area contributed by atoms with Gasteiger partial charge in [0.1, 0.15) is 11.8 Å². The highest BCUT2D eigenvalue weighted by molar-refractivity contribution is 7.92. The summed E-state index contributed by atoms with van der Waals surface area (Å²) in [7, 11) is -2.13. The summed E-state index contributed by atoms with van der Waals surface area (Å²) >= 11 is 0. The van der Waals surface area contributed by atoms with Gasteiger partial charge in [-0.3, -0.25) is 9.10 Å². The lowest BCUT2D eigenvalue weighted by atomic mass is 9.89. The highest BCUT2D eigenvalue weighted by atomic mass is 32.2. The summed E-state index contributed by atoms with van der Waals surface area (Å²) in [6.45, 7) is 3.75. The van der Waals surface area contributed by atoms with E-state index in [1.54, 1.807) is 31.4 Å². The van der Waals surface area contributed by atoms with Gasteiger partial charge in [-0.15, -0.1) is 0 Å². The molecule has 3 rings (SSSR count). The Morgan fingerprint density at radius 2 is 1.74 bits per heavy atom. The third kappa shape index (κ3) is 5.39. The minimum atomic E-state index is -3.67. The van der Waals surface area contributed by atoms with E-state index in [2.05, 4.69) is 23.5 Å². The molecule has 0 aliphatic heterocycles. The fourth-order valence-electron chi connectivity index (χ4n) is 4.21. The standard InChI is InChI=1S/C24H32N2O4S/c1-5-23(26(31(4,28)29)21-12-14-22(30-3)15-13-21)24(27)25-17(2)19-11-10-18-8-6-7-9-20(18)16-19/h10-17,23H,5-9H2,1-4H3,(H,25,27)/t17-,23-/m0/s1. The number of amides is 1. The van der Waals surface area contributed by atoms with Crippen molar-refractivity contribution in [2.75, 3.05) is 17.7 Å². The van der Waals surface area contributed by atoms with E-state index < -0.39 is 16.1 Å². The van der Waals surface area contributed by atoms with Crippen LogP contribution in [-0.4, -0.2) is 33.7 Å². The van der Waals surface area contributed by atoms with Crippen LogP contribution in [0.2, 0.25) is 0 Å². The number of rotatable bonds is 8. The van der Waals surface area contributed by atoms with Crippen molar-refractivity contribution in [1.29, 1.82) is 0 Å². The Hall–Kier alpha value is -2.54. The van der Waals surface area contributed by atoms with E-state index in [-0.39, 0.29) is 11.9 Å². The number of nitrogens with zero attached hydrogens (tertiary/aromatic N) is 1. The molecule has 0 bridgehead atoms. The zero-order chi connectivity index (χ0) is 22.6. The summed E-state index contributed by atoms with van der Waals surface area (Å²) in [5.41, 5.74) is 4.22. The maximum atomic E-state index is 13.2. The summed E-state index contributed by atoms with van der Waals surface area (Å²) in [6, 6.07) is 12.0. The average Bonchev–Trinajstić information content (AvgIpc) is 2.76. The summed E-state index contributed by atoms with van der Waals surface area (Å²) in [4.78, 5) is 13.2. The van der Waals surface area contributed by atoms with Crippen molar-refractivity contribution in [3.63, 3.8) is 0 Å². The number of methoxy groups -OCH3 is 1. The molecule has 2 atom stereocenters. The molecule has 1 aliphatic carbocycles. The molecule has 0 heterocycles. The van der Waals surface area contributed by atoms with Gasteiger partial charge in [0.05, 0.1) is 25.1 Å². The van der Waals surface area contributed by atoms with E-state index in [0.717, 1.165) is 24.7 Å². The summed E-state index contributed by atoms with van der Waals surface area (Å²) in [5.74, 6) is 0.310. The molecule has 0 fully saturated rings. The number of benzene rings is 2. The second-order valence-corrected chi connectivity index (χ2v) is 10.0. The predicted molar refractivity (Wildman–Crippen MR) is 124 cm³/mol. The van der Waals surface area contributed by atoms with E-state index in [4.69, 9.17) is 4.74 Å². The molecule has 1 amide bonds. The molecule has 0 saturated carbocycles. The van der Waals surface area contributed by atoms with Gasteiger partial charge in [0.15, 0.2) is 0 Å². The van der Waals surface area contributed by atoms with Crippen molar-refractivity contribution in [3.8, 4) is 5.75 Å². The number of nitrogens with one attached hydrogen (secondary N) is 1. The van der Waals surface area contributed by atoms with Crippen LogP contribution in [0.4, 0.5) is 5.69 Å². The molecule has 0 radical (unpaired) electrons. The number of aryl methyl sites for hydroxylation is 2. The molecule has 1 N–H and O–H groups in total. The van der Waals surface area contributed by atoms with E-state index in [9.17, 15) is 13.2 Å². The lowest BCUT2D eigenvalue weighted by Gasteiger charge is -2.31. The Morgan fingerprint density at radius 1 is 1.10 bits per heavy atom. The maximum absolute atomic E-state index is 13.2. The highest BCUT2D eigenvalue weighted by Gasteiger charge is 2.32. The van der Waals surface area contributed by atoms with Gasteiger partial charge >= 0.3 is 0 Å². The Morgan fingerprint density at radius 3 is 2.32 bits per heavy atom. The van der Waals surface area contributed by atoms with Crippen molar-refractivity contribution in [1.82, 2.24) is 5.32 Å². The van der Waals surface area contributed by atoms with Gasteiger partial charge in [-0.1, -0.05) is 25.1 Å². The first-order valence-corrected chi connectivity index (χ1v) is 12.6. The normalized spacial score (nSPS) is 15.5. The zero-order valence-corrected chi connectivity index (χ0v) is 19.5. The Kier molecular flexibility index (Phi) is 7.26. The first-order chi connectivity index (χ1) is 14.7. The molecule has 1 aliphatic rings. The lowest BCUT2D eigenvalue weighted by molar-refractivity contribution is -0.122. The second kappa shape index (κ2) is 9.73. The molecule has 2 aromatic carbocycles. The zero-order valence-electron chi connectivity index (χ0n) is 18.7. The van der Waals surface area contributed by atoms with Crippen LogP contribution in [0.5, 0.6) is 5.75 Å². The van der Waals surface area contributed by atoms with Crippen molar-refractivity contribution < 1.29 is 17.9 Å². The smallest absolute Gasteiger partial charge is 0.244 e. The van der Waals surface area contributed by atoms with E-state index in [0.29, 0.717) is 17.9 Å². The Labute approximate surface area is 185 Å². The first-order valence-electron chi connectivity index (χ1n) is 10.8. The molecule has 31 heavy (non-hydrogen) atoms. The summed E-state index contributed by atoms with van der Waals surface area (Å²) < 4.78 is 31.6. The van der Waals surface area contributed by atoms with Gasteiger partial charge in [0, 0.05) is 0 Å². The van der Waals surface area contributed by atoms with Gasteiger partial charge in [-0.2, -0.15) is 0 Å². The van der Waals surface area contributed by atoms with E-state index >= 15 is 0 Å². The average molecular weight is 445 g/mol. The van der Waals surface area contributed by atoms with Crippen LogP contribution < -0.4 is 14.4 Å². The van der Waals surface area contributed by atoms with Gasteiger partial charge in [0.2, 0.25) is 15.9 Å². The van der Waals surface area contributed by atoms with E-state index in [1.165, 1.54) is 28.3 Å². The molecular formula is C24H32N2O4S. The fraction of sp³-hybridized carbons (Fsp3) is 0.458. The summed E-state index contributed by atoms with van der Waals surface area (Å²) in [6.07, 6.45) is 6.08. The van der Waals surface area contributed by atoms with Crippen LogP contribution in [0.1, 0.15) is 55.8 Å². The van der Waals surface area contributed by atoms with Gasteiger partial charge in [-0.25, -0.2) is 8.42 Å². The fourth-order valence-corrected chi connectivity index (χ4v) is 5.42. The SMILES string of the molecule is CC[C@@H](C(=O)N[C@@H](C)c1ccc2c(c1)CCCC2)N(c1ccc(OC)cc1)S(C)(=O)=O. The van der Waals surface area contributed by atoms with Crippen molar-refractivity contribution in [2.45, 2.75) is 58.0 Å². The van der Waals surface area contributed by atoms with Crippen LogP contribution >= 0.6 is 0 Å². The van der Waals surface area contributed by atoms with Crippen molar-refractivity contribution in [2.24, 2.45) is 0 Å². The molecule has 168 valence electrons. The topological polar surface area (TPSA) is 75.7 Å². The number of ether oxygens (including phenoxy) is 1. The Balaban J connectivity index is 1.82.